The van der Waals surface area contributed by atoms with E-state index in [9.17, 15) is 0 Å². The number of hydrogen-bond donors (Lipinski definition) is 1. The maximum absolute atomic E-state index is 5.99. The van der Waals surface area contributed by atoms with E-state index in [1.807, 2.05) is 28.8 Å². The maximum Gasteiger partial charge on any atom is 0.201 e. The van der Waals surface area contributed by atoms with Crippen molar-refractivity contribution in [3.63, 3.8) is 0 Å². The molecule has 0 atom stereocenters. The van der Waals surface area contributed by atoms with Crippen molar-refractivity contribution >= 4 is 17.0 Å². The first-order valence-corrected chi connectivity index (χ1v) is 5.85. The van der Waals surface area contributed by atoms with Gasteiger partial charge in [0, 0.05) is 12.4 Å². The molecular weight excluding hydrogens is 224 g/mol. The second-order valence-electron chi connectivity index (χ2n) is 4.40. The van der Waals surface area contributed by atoms with Gasteiger partial charge in [0.05, 0.1) is 17.6 Å². The molecule has 0 amide bonds. The number of hydrogen-bond acceptors (Lipinski definition) is 3. The van der Waals surface area contributed by atoms with Crippen LogP contribution in [-0.2, 0) is 6.54 Å². The number of aryl methyl sites for hydroxylation is 1. The lowest BCUT2D eigenvalue weighted by Gasteiger charge is -2.06. The van der Waals surface area contributed by atoms with Crippen molar-refractivity contribution in [2.45, 2.75) is 13.5 Å². The van der Waals surface area contributed by atoms with E-state index in [-0.39, 0.29) is 0 Å². The van der Waals surface area contributed by atoms with Crippen LogP contribution < -0.4 is 5.73 Å². The van der Waals surface area contributed by atoms with Crippen molar-refractivity contribution in [1.29, 1.82) is 0 Å². The Kier molecular flexibility index (Phi) is 2.48. The Morgan fingerprint density at radius 1 is 1.17 bits per heavy atom. The van der Waals surface area contributed by atoms with Gasteiger partial charge in [0.15, 0.2) is 0 Å². The molecule has 4 heteroatoms. The van der Waals surface area contributed by atoms with Gasteiger partial charge < -0.3 is 10.3 Å². The molecule has 0 spiro atoms. The summed E-state index contributed by atoms with van der Waals surface area (Å²) in [5.41, 5.74) is 10.4. The second kappa shape index (κ2) is 4.14. The second-order valence-corrected chi connectivity index (χ2v) is 4.40. The van der Waals surface area contributed by atoms with Gasteiger partial charge in [-0.3, -0.25) is 4.98 Å². The molecule has 3 rings (SSSR count). The number of nitrogens with zero attached hydrogens (tertiary/aromatic N) is 3. The zero-order valence-electron chi connectivity index (χ0n) is 10.2. The Morgan fingerprint density at radius 3 is 2.72 bits per heavy atom. The van der Waals surface area contributed by atoms with Crippen LogP contribution >= 0.6 is 0 Å². The third-order valence-corrected chi connectivity index (χ3v) is 3.02. The van der Waals surface area contributed by atoms with Gasteiger partial charge >= 0.3 is 0 Å². The lowest BCUT2D eigenvalue weighted by molar-refractivity contribution is 0.836. The third-order valence-electron chi connectivity index (χ3n) is 3.02. The SMILES string of the molecule is Cc1ccc2nc(N)n(Cc3ccncc3)c2c1. The number of imidazole rings is 1. The molecule has 4 nitrogen and oxygen atoms in total. The van der Waals surface area contributed by atoms with Crippen LogP contribution in [0.3, 0.4) is 0 Å². The number of benzene rings is 1. The van der Waals surface area contributed by atoms with Crippen molar-refractivity contribution < 1.29 is 0 Å². The zero-order valence-corrected chi connectivity index (χ0v) is 10.2. The first kappa shape index (κ1) is 10.8. The smallest absolute Gasteiger partial charge is 0.201 e. The standard InChI is InChI=1S/C14H14N4/c1-10-2-3-12-13(8-10)18(14(15)17-12)9-11-4-6-16-7-5-11/h2-8H,9H2,1H3,(H2,15,17). The Balaban J connectivity index is 2.11. The average Bonchev–Trinajstić information content (AvgIpc) is 2.67. The summed E-state index contributed by atoms with van der Waals surface area (Å²) in [7, 11) is 0. The summed E-state index contributed by atoms with van der Waals surface area (Å²) < 4.78 is 2.03. The Morgan fingerprint density at radius 2 is 1.94 bits per heavy atom. The maximum atomic E-state index is 5.99. The quantitative estimate of drug-likeness (QED) is 0.745. The fourth-order valence-electron chi connectivity index (χ4n) is 2.09. The van der Waals surface area contributed by atoms with E-state index in [1.165, 1.54) is 5.56 Å². The summed E-state index contributed by atoms with van der Waals surface area (Å²) in [5.74, 6) is 0.549. The van der Waals surface area contributed by atoms with Gasteiger partial charge in [-0.05, 0) is 42.3 Å². The Labute approximate surface area is 105 Å². The van der Waals surface area contributed by atoms with Crippen molar-refractivity contribution in [1.82, 2.24) is 14.5 Å². The number of fused-ring (bicyclic) bond motifs is 1. The molecule has 0 saturated carbocycles. The van der Waals surface area contributed by atoms with E-state index in [0.29, 0.717) is 12.5 Å². The van der Waals surface area contributed by atoms with Crippen LogP contribution in [-0.4, -0.2) is 14.5 Å². The molecule has 0 saturated heterocycles. The number of nitrogens with two attached hydrogens (primary N) is 1. The Bertz CT molecular complexity index is 686. The van der Waals surface area contributed by atoms with Crippen molar-refractivity contribution in [2.24, 2.45) is 0 Å². The molecule has 0 aliphatic rings. The fraction of sp³-hybridized carbons (Fsp3) is 0.143. The van der Waals surface area contributed by atoms with Gasteiger partial charge in [-0.1, -0.05) is 6.07 Å². The highest BCUT2D eigenvalue weighted by atomic mass is 15.1. The van der Waals surface area contributed by atoms with Crippen LogP contribution in [0.15, 0.2) is 42.7 Å². The minimum atomic E-state index is 0.549. The number of nitrogen functional groups attached to an aromatic ring is 1. The van der Waals surface area contributed by atoms with Crippen LogP contribution in [0.4, 0.5) is 5.95 Å². The molecule has 18 heavy (non-hydrogen) atoms. The molecule has 90 valence electrons. The van der Waals surface area contributed by atoms with Crippen LogP contribution in [0, 0.1) is 6.92 Å². The molecule has 0 aliphatic heterocycles. The summed E-state index contributed by atoms with van der Waals surface area (Å²) in [6, 6.07) is 10.1. The van der Waals surface area contributed by atoms with Gasteiger partial charge in [0.25, 0.3) is 0 Å². The van der Waals surface area contributed by atoms with E-state index < -0.39 is 0 Å². The molecule has 0 fully saturated rings. The van der Waals surface area contributed by atoms with E-state index in [4.69, 9.17) is 5.73 Å². The van der Waals surface area contributed by atoms with E-state index in [0.717, 1.165) is 16.6 Å². The van der Waals surface area contributed by atoms with Crippen LogP contribution in [0.5, 0.6) is 0 Å². The molecule has 2 heterocycles. The molecule has 0 radical (unpaired) electrons. The summed E-state index contributed by atoms with van der Waals surface area (Å²) in [5, 5.41) is 0. The number of anilines is 1. The minimum Gasteiger partial charge on any atom is -0.369 e. The predicted octanol–water partition coefficient (Wildman–Crippen LogP) is 2.37. The largest absolute Gasteiger partial charge is 0.369 e. The summed E-state index contributed by atoms with van der Waals surface area (Å²) in [4.78, 5) is 8.39. The fourth-order valence-corrected chi connectivity index (χ4v) is 2.09. The first-order chi connectivity index (χ1) is 8.74. The first-order valence-electron chi connectivity index (χ1n) is 5.85. The van der Waals surface area contributed by atoms with Gasteiger partial charge in [-0.15, -0.1) is 0 Å². The molecule has 2 N–H and O–H groups in total. The number of aromatic nitrogens is 3. The van der Waals surface area contributed by atoms with Crippen molar-refractivity contribution in [3.05, 3.63) is 53.9 Å². The monoisotopic (exact) mass is 238 g/mol. The molecule has 3 aromatic rings. The molecule has 0 aliphatic carbocycles. The van der Waals surface area contributed by atoms with E-state index in [2.05, 4.69) is 23.0 Å². The lowest BCUT2D eigenvalue weighted by atomic mass is 10.2. The summed E-state index contributed by atoms with van der Waals surface area (Å²) >= 11 is 0. The van der Waals surface area contributed by atoms with Gasteiger partial charge in [0.2, 0.25) is 5.95 Å². The molecular formula is C14H14N4. The topological polar surface area (TPSA) is 56.7 Å². The molecule has 1 aromatic carbocycles. The average molecular weight is 238 g/mol. The van der Waals surface area contributed by atoms with Crippen molar-refractivity contribution in [2.75, 3.05) is 5.73 Å². The lowest BCUT2D eigenvalue weighted by Crippen LogP contribution is -2.04. The number of rotatable bonds is 2. The molecule has 0 unspecified atom stereocenters. The third kappa shape index (κ3) is 1.82. The van der Waals surface area contributed by atoms with Crippen LogP contribution in [0.25, 0.3) is 11.0 Å². The molecule has 0 bridgehead atoms. The van der Waals surface area contributed by atoms with Crippen molar-refractivity contribution in [3.8, 4) is 0 Å². The van der Waals surface area contributed by atoms with Gasteiger partial charge in [-0.2, -0.15) is 0 Å². The predicted molar refractivity (Wildman–Crippen MR) is 72.2 cm³/mol. The van der Waals surface area contributed by atoms with Crippen LogP contribution in [0.1, 0.15) is 11.1 Å². The van der Waals surface area contributed by atoms with Crippen LogP contribution in [0.2, 0.25) is 0 Å². The highest BCUT2D eigenvalue weighted by molar-refractivity contribution is 5.79. The zero-order chi connectivity index (χ0) is 12.5. The molecule has 2 aromatic heterocycles. The van der Waals surface area contributed by atoms with E-state index >= 15 is 0 Å². The summed E-state index contributed by atoms with van der Waals surface area (Å²) in [6.45, 7) is 2.79. The van der Waals surface area contributed by atoms with E-state index in [1.54, 1.807) is 12.4 Å². The minimum absolute atomic E-state index is 0.549. The van der Waals surface area contributed by atoms with Gasteiger partial charge in [-0.25, -0.2) is 4.98 Å². The normalized spacial score (nSPS) is 10.9. The highest BCUT2D eigenvalue weighted by Gasteiger charge is 2.08. The van der Waals surface area contributed by atoms with Gasteiger partial charge in [0.1, 0.15) is 0 Å². The summed E-state index contributed by atoms with van der Waals surface area (Å²) in [6.07, 6.45) is 3.58. The Hall–Kier alpha value is -2.36. The number of pyridine rings is 1. The highest BCUT2D eigenvalue weighted by Crippen LogP contribution is 2.20.